The van der Waals surface area contributed by atoms with Crippen molar-refractivity contribution in [2.75, 3.05) is 19.7 Å². The number of piperidine rings is 1. The highest BCUT2D eigenvalue weighted by Gasteiger charge is 2.31. The predicted molar refractivity (Wildman–Crippen MR) is 114 cm³/mol. The molecule has 30 heavy (non-hydrogen) atoms. The van der Waals surface area contributed by atoms with Gasteiger partial charge in [-0.25, -0.2) is 4.79 Å². The molecule has 1 saturated heterocycles. The average molecular weight is 407 g/mol. The Bertz CT molecular complexity index is 1090. The van der Waals surface area contributed by atoms with Crippen LogP contribution in [0.4, 0.5) is 0 Å². The summed E-state index contributed by atoms with van der Waals surface area (Å²) < 4.78 is 10.9. The van der Waals surface area contributed by atoms with Crippen LogP contribution in [0.5, 0.6) is 5.75 Å². The number of benzene rings is 2. The van der Waals surface area contributed by atoms with Crippen molar-refractivity contribution in [1.29, 1.82) is 0 Å². The van der Waals surface area contributed by atoms with E-state index in [0.29, 0.717) is 24.3 Å². The molecule has 1 amide bonds. The molecular formula is C24H25NO5. The Balaban J connectivity index is 1.39. The average Bonchev–Trinajstić information content (AvgIpc) is 2.77. The third-order valence-electron chi connectivity index (χ3n) is 5.71. The Hall–Kier alpha value is -3.12. The van der Waals surface area contributed by atoms with Crippen molar-refractivity contribution in [3.05, 3.63) is 76.1 Å². The molecule has 156 valence electrons. The maximum absolute atomic E-state index is 12.6. The number of nitrogens with zero attached hydrogens (tertiary/aromatic N) is 1. The molecule has 0 radical (unpaired) electrons. The van der Waals surface area contributed by atoms with E-state index in [2.05, 4.69) is 0 Å². The molecule has 2 aromatic carbocycles. The number of fused-ring (bicyclic) bond motifs is 1. The topological polar surface area (TPSA) is 80.0 Å². The van der Waals surface area contributed by atoms with Crippen LogP contribution in [0.15, 0.2) is 63.8 Å². The normalized spacial score (nSPS) is 19.1. The van der Waals surface area contributed by atoms with Gasteiger partial charge in [-0.1, -0.05) is 37.3 Å². The van der Waals surface area contributed by atoms with Crippen molar-refractivity contribution >= 4 is 16.9 Å². The molecule has 0 saturated carbocycles. The lowest BCUT2D eigenvalue weighted by molar-refractivity contribution is -0.136. The monoisotopic (exact) mass is 407 g/mol. The van der Waals surface area contributed by atoms with Gasteiger partial charge in [0, 0.05) is 36.5 Å². The van der Waals surface area contributed by atoms with Crippen LogP contribution in [0, 0.1) is 0 Å². The van der Waals surface area contributed by atoms with Crippen LogP contribution < -0.4 is 10.4 Å². The quantitative estimate of drug-likeness (QED) is 0.658. The van der Waals surface area contributed by atoms with E-state index in [9.17, 15) is 14.7 Å². The van der Waals surface area contributed by atoms with E-state index in [-0.39, 0.29) is 25.0 Å². The Morgan fingerprint density at radius 3 is 2.73 bits per heavy atom. The van der Waals surface area contributed by atoms with Gasteiger partial charge < -0.3 is 19.2 Å². The van der Waals surface area contributed by atoms with Gasteiger partial charge in [0.25, 0.3) is 5.91 Å². The van der Waals surface area contributed by atoms with E-state index in [4.69, 9.17) is 9.15 Å². The van der Waals surface area contributed by atoms with Crippen molar-refractivity contribution < 1.29 is 19.1 Å². The molecule has 4 rings (SSSR count). The van der Waals surface area contributed by atoms with E-state index in [1.807, 2.05) is 43.3 Å². The van der Waals surface area contributed by atoms with Crippen molar-refractivity contribution in [2.24, 2.45) is 0 Å². The summed E-state index contributed by atoms with van der Waals surface area (Å²) in [6, 6.07) is 16.6. The minimum Gasteiger partial charge on any atom is -0.484 e. The zero-order valence-electron chi connectivity index (χ0n) is 16.9. The standard InChI is InChI=1S/C24H25NO5/c1-2-16-12-24(28)30-22-13-18(8-9-20(16)22)29-15-23(27)25-11-10-19(21(26)14-25)17-6-4-3-5-7-17/h3-9,12-13,19,21,26H,2,10-11,14-15H2,1H3/t19-,21+/m0/s1. The molecular weight excluding hydrogens is 382 g/mol. The number of carbonyl (C=O) groups excluding carboxylic acids is 1. The first-order valence-electron chi connectivity index (χ1n) is 10.3. The van der Waals surface area contributed by atoms with Crippen LogP contribution >= 0.6 is 0 Å². The number of hydrogen-bond donors (Lipinski definition) is 1. The molecule has 2 heterocycles. The second-order valence-corrected chi connectivity index (χ2v) is 7.60. The summed E-state index contributed by atoms with van der Waals surface area (Å²) in [7, 11) is 0. The minimum absolute atomic E-state index is 0.0346. The molecule has 1 aromatic heterocycles. The van der Waals surface area contributed by atoms with E-state index < -0.39 is 11.7 Å². The van der Waals surface area contributed by atoms with Crippen LogP contribution in [0.1, 0.15) is 30.4 Å². The van der Waals surface area contributed by atoms with Crippen LogP contribution in [-0.4, -0.2) is 41.7 Å². The number of amides is 1. The van der Waals surface area contributed by atoms with E-state index in [1.165, 1.54) is 6.07 Å². The molecule has 1 aliphatic rings. The number of likely N-dealkylation sites (tertiary alicyclic amines) is 1. The van der Waals surface area contributed by atoms with Gasteiger partial charge in [-0.2, -0.15) is 0 Å². The zero-order valence-corrected chi connectivity index (χ0v) is 16.9. The third-order valence-corrected chi connectivity index (χ3v) is 5.71. The molecule has 1 N–H and O–H groups in total. The minimum atomic E-state index is -0.604. The molecule has 0 aliphatic carbocycles. The second kappa shape index (κ2) is 8.71. The summed E-state index contributed by atoms with van der Waals surface area (Å²) in [5.74, 6) is 0.323. The number of aliphatic hydroxyl groups excluding tert-OH is 1. The molecule has 1 fully saturated rings. The maximum Gasteiger partial charge on any atom is 0.336 e. The molecule has 2 atom stereocenters. The highest BCUT2D eigenvalue weighted by Crippen LogP contribution is 2.28. The van der Waals surface area contributed by atoms with E-state index in [1.54, 1.807) is 17.0 Å². The van der Waals surface area contributed by atoms with Gasteiger partial charge in [0.1, 0.15) is 11.3 Å². The molecule has 1 aliphatic heterocycles. The van der Waals surface area contributed by atoms with Crippen LogP contribution in [-0.2, 0) is 11.2 Å². The van der Waals surface area contributed by atoms with Gasteiger partial charge in [-0.15, -0.1) is 0 Å². The number of carbonyl (C=O) groups is 1. The lowest BCUT2D eigenvalue weighted by Gasteiger charge is -2.36. The first-order valence-corrected chi connectivity index (χ1v) is 10.3. The molecule has 3 aromatic rings. The van der Waals surface area contributed by atoms with Crippen molar-refractivity contribution in [3.63, 3.8) is 0 Å². The lowest BCUT2D eigenvalue weighted by atomic mass is 9.87. The summed E-state index contributed by atoms with van der Waals surface area (Å²) >= 11 is 0. The van der Waals surface area contributed by atoms with Gasteiger partial charge in [0.05, 0.1) is 6.10 Å². The summed E-state index contributed by atoms with van der Waals surface area (Å²) in [6.07, 6.45) is 0.826. The number of hydrogen-bond acceptors (Lipinski definition) is 5. The van der Waals surface area contributed by atoms with Gasteiger partial charge in [0.15, 0.2) is 6.61 Å². The van der Waals surface area contributed by atoms with E-state index >= 15 is 0 Å². The highest BCUT2D eigenvalue weighted by molar-refractivity contribution is 5.82. The Labute approximate surface area is 174 Å². The van der Waals surface area contributed by atoms with Gasteiger partial charge in [0.2, 0.25) is 0 Å². The smallest absolute Gasteiger partial charge is 0.336 e. The fourth-order valence-electron chi connectivity index (χ4n) is 4.08. The summed E-state index contributed by atoms with van der Waals surface area (Å²) in [5.41, 5.74) is 2.06. The number of ether oxygens (including phenoxy) is 1. The lowest BCUT2D eigenvalue weighted by Crippen LogP contribution is -2.47. The predicted octanol–water partition coefficient (Wildman–Crippen LogP) is 3.11. The molecule has 0 bridgehead atoms. The Morgan fingerprint density at radius 2 is 2.00 bits per heavy atom. The van der Waals surface area contributed by atoms with Gasteiger partial charge in [-0.05, 0) is 36.1 Å². The maximum atomic E-state index is 12.6. The SMILES string of the molecule is CCc1cc(=O)oc2cc(OCC(=O)N3CC[C@@H](c4ccccc4)[C@H](O)C3)ccc12. The Kier molecular flexibility index (Phi) is 5.86. The van der Waals surface area contributed by atoms with Gasteiger partial charge in [-0.3, -0.25) is 4.79 Å². The second-order valence-electron chi connectivity index (χ2n) is 7.60. The Morgan fingerprint density at radius 1 is 1.20 bits per heavy atom. The first kappa shape index (κ1) is 20.2. The third kappa shape index (κ3) is 4.24. The van der Waals surface area contributed by atoms with Crippen molar-refractivity contribution in [2.45, 2.75) is 31.8 Å². The first-order chi connectivity index (χ1) is 14.5. The van der Waals surface area contributed by atoms with Crippen molar-refractivity contribution in [3.8, 4) is 5.75 Å². The number of β-amino-alcohol motifs (C(OH)–C–C–N with tert-alkyl or cyclic N) is 1. The number of aryl methyl sites for hydroxylation is 1. The molecule has 6 nitrogen and oxygen atoms in total. The van der Waals surface area contributed by atoms with Crippen LogP contribution in [0.3, 0.4) is 0 Å². The molecule has 0 unspecified atom stereocenters. The fraction of sp³-hybridized carbons (Fsp3) is 0.333. The van der Waals surface area contributed by atoms with Gasteiger partial charge >= 0.3 is 5.63 Å². The molecule has 6 heteroatoms. The van der Waals surface area contributed by atoms with Crippen LogP contribution in [0.25, 0.3) is 11.0 Å². The summed E-state index contributed by atoms with van der Waals surface area (Å²) in [5, 5.41) is 11.4. The number of rotatable bonds is 5. The van der Waals surface area contributed by atoms with E-state index in [0.717, 1.165) is 22.9 Å². The van der Waals surface area contributed by atoms with Crippen molar-refractivity contribution in [1.82, 2.24) is 4.90 Å². The summed E-state index contributed by atoms with van der Waals surface area (Å²) in [6.45, 7) is 2.71. The van der Waals surface area contributed by atoms with Crippen LogP contribution in [0.2, 0.25) is 0 Å². The number of aliphatic hydroxyl groups is 1. The fourth-order valence-corrected chi connectivity index (χ4v) is 4.08. The summed E-state index contributed by atoms with van der Waals surface area (Å²) in [4.78, 5) is 25.9. The zero-order chi connectivity index (χ0) is 21.1. The largest absolute Gasteiger partial charge is 0.484 e. The molecule has 0 spiro atoms. The highest BCUT2D eigenvalue weighted by atomic mass is 16.5.